The fourth-order valence-electron chi connectivity index (χ4n) is 3.29. The first-order valence-electron chi connectivity index (χ1n) is 10.1. The second kappa shape index (κ2) is 10.0. The van der Waals surface area contributed by atoms with E-state index < -0.39 is 17.8 Å². The van der Waals surface area contributed by atoms with Gasteiger partial charge in [-0.25, -0.2) is 9.69 Å². The van der Waals surface area contributed by atoms with Gasteiger partial charge in [-0.3, -0.25) is 14.9 Å². The van der Waals surface area contributed by atoms with Crippen LogP contribution in [0.4, 0.5) is 10.5 Å². The monoisotopic (exact) mass is 558 g/mol. The Hall–Kier alpha value is -3.13. The maximum Gasteiger partial charge on any atom is 0.335 e. The zero-order valence-electron chi connectivity index (χ0n) is 17.8. The molecule has 4 amide bonds. The van der Waals surface area contributed by atoms with Crippen molar-refractivity contribution in [2.75, 3.05) is 4.90 Å². The number of ether oxygens (including phenoxy) is 1. The molecule has 3 aromatic carbocycles. The molecule has 1 saturated heterocycles. The largest absolute Gasteiger partial charge is 0.487 e. The SMILES string of the molecule is Cc1cc(N2C(=O)NC(=O)/C(=C/c3ccc(OCc4ccc(Cl)cc4)c(Cl)c3)C2=O)ccc1Br. The summed E-state index contributed by atoms with van der Waals surface area (Å²) in [5.41, 5.74) is 2.42. The lowest BCUT2D eigenvalue weighted by atomic mass is 10.1. The molecular weight excluding hydrogens is 543 g/mol. The Morgan fingerprint density at radius 2 is 1.74 bits per heavy atom. The van der Waals surface area contributed by atoms with Crippen LogP contribution in [0.25, 0.3) is 6.08 Å². The van der Waals surface area contributed by atoms with Gasteiger partial charge < -0.3 is 4.74 Å². The molecule has 0 atom stereocenters. The van der Waals surface area contributed by atoms with E-state index in [4.69, 9.17) is 27.9 Å². The molecule has 0 radical (unpaired) electrons. The lowest BCUT2D eigenvalue weighted by molar-refractivity contribution is -0.122. The Morgan fingerprint density at radius 1 is 1.00 bits per heavy atom. The highest BCUT2D eigenvalue weighted by Gasteiger charge is 2.36. The molecule has 34 heavy (non-hydrogen) atoms. The number of rotatable bonds is 5. The minimum Gasteiger partial charge on any atom is -0.487 e. The zero-order valence-corrected chi connectivity index (χ0v) is 20.9. The van der Waals surface area contributed by atoms with Crippen LogP contribution in [0.15, 0.2) is 70.7 Å². The quantitative estimate of drug-likeness (QED) is 0.293. The van der Waals surface area contributed by atoms with Crippen molar-refractivity contribution in [1.29, 1.82) is 0 Å². The van der Waals surface area contributed by atoms with E-state index in [2.05, 4.69) is 21.2 Å². The van der Waals surface area contributed by atoms with E-state index in [1.165, 1.54) is 6.08 Å². The van der Waals surface area contributed by atoms with Crippen LogP contribution in [0.2, 0.25) is 10.0 Å². The molecule has 0 aromatic heterocycles. The standard InChI is InChI=1S/C25H17BrCl2N2O4/c1-14-10-18(7-8-20(14)26)30-24(32)19(23(31)29-25(30)33)11-16-4-9-22(21(28)12-16)34-13-15-2-5-17(27)6-3-15/h2-12H,13H2,1H3,(H,29,31,33)/b19-11-. The molecule has 6 nitrogen and oxygen atoms in total. The van der Waals surface area contributed by atoms with Crippen LogP contribution in [0, 0.1) is 6.92 Å². The van der Waals surface area contributed by atoms with Crippen LogP contribution in [-0.4, -0.2) is 17.8 Å². The van der Waals surface area contributed by atoms with Crippen molar-refractivity contribution in [3.8, 4) is 5.75 Å². The van der Waals surface area contributed by atoms with Crippen molar-refractivity contribution in [3.05, 3.63) is 97.4 Å². The third kappa shape index (κ3) is 5.17. The summed E-state index contributed by atoms with van der Waals surface area (Å²) in [4.78, 5) is 38.8. The number of carbonyl (C=O) groups excluding carboxylic acids is 3. The van der Waals surface area contributed by atoms with Gasteiger partial charge in [-0.15, -0.1) is 0 Å². The molecule has 0 spiro atoms. The molecule has 4 rings (SSSR count). The van der Waals surface area contributed by atoms with Crippen molar-refractivity contribution in [2.24, 2.45) is 0 Å². The molecule has 0 aliphatic carbocycles. The van der Waals surface area contributed by atoms with Gasteiger partial charge in [0.25, 0.3) is 11.8 Å². The normalized spacial score (nSPS) is 15.0. The van der Waals surface area contributed by atoms with Gasteiger partial charge in [-0.2, -0.15) is 0 Å². The molecule has 1 fully saturated rings. The number of hydrogen-bond acceptors (Lipinski definition) is 4. The minimum absolute atomic E-state index is 0.189. The second-order valence-electron chi connectivity index (χ2n) is 7.50. The lowest BCUT2D eigenvalue weighted by Gasteiger charge is -2.26. The number of benzene rings is 3. The number of anilines is 1. The highest BCUT2D eigenvalue weighted by molar-refractivity contribution is 9.10. The zero-order chi connectivity index (χ0) is 24.4. The van der Waals surface area contributed by atoms with Crippen LogP contribution in [0.5, 0.6) is 5.75 Å². The average molecular weight is 560 g/mol. The van der Waals surface area contributed by atoms with Crippen LogP contribution >= 0.6 is 39.1 Å². The Balaban J connectivity index is 1.56. The Kier molecular flexibility index (Phi) is 7.07. The van der Waals surface area contributed by atoms with Gasteiger partial charge in [0.2, 0.25) is 0 Å². The smallest absolute Gasteiger partial charge is 0.335 e. The van der Waals surface area contributed by atoms with Crippen molar-refractivity contribution in [1.82, 2.24) is 5.32 Å². The molecule has 1 aliphatic rings. The predicted octanol–water partition coefficient (Wildman–Crippen LogP) is 6.31. The van der Waals surface area contributed by atoms with Gasteiger partial charge >= 0.3 is 6.03 Å². The molecule has 0 unspecified atom stereocenters. The highest BCUT2D eigenvalue weighted by Crippen LogP contribution is 2.29. The summed E-state index contributed by atoms with van der Waals surface area (Å²) >= 11 is 15.6. The molecular formula is C25H17BrCl2N2O4. The fraction of sp³-hybridized carbons (Fsp3) is 0.0800. The number of barbiturate groups is 1. The van der Waals surface area contributed by atoms with Gasteiger partial charge in [0.15, 0.2) is 0 Å². The van der Waals surface area contributed by atoms with Gasteiger partial charge in [0.05, 0.1) is 10.7 Å². The van der Waals surface area contributed by atoms with E-state index in [-0.39, 0.29) is 5.57 Å². The fourth-order valence-corrected chi connectivity index (χ4v) is 3.91. The van der Waals surface area contributed by atoms with Crippen LogP contribution in [-0.2, 0) is 16.2 Å². The number of hydrogen-bond donors (Lipinski definition) is 1. The van der Waals surface area contributed by atoms with Crippen LogP contribution < -0.4 is 15.0 Å². The molecule has 1 N–H and O–H groups in total. The van der Waals surface area contributed by atoms with Crippen molar-refractivity contribution in [3.63, 3.8) is 0 Å². The summed E-state index contributed by atoms with van der Waals surface area (Å²) in [6, 6.07) is 16.4. The van der Waals surface area contributed by atoms with E-state index in [0.29, 0.717) is 33.7 Å². The first kappa shape index (κ1) is 24.0. The number of halogens is 3. The Morgan fingerprint density at radius 3 is 2.41 bits per heavy atom. The number of aryl methyl sites for hydroxylation is 1. The lowest BCUT2D eigenvalue weighted by Crippen LogP contribution is -2.54. The maximum atomic E-state index is 13.1. The highest BCUT2D eigenvalue weighted by atomic mass is 79.9. The molecule has 9 heteroatoms. The molecule has 172 valence electrons. The maximum absolute atomic E-state index is 13.1. The number of nitrogens with zero attached hydrogens (tertiary/aromatic N) is 1. The summed E-state index contributed by atoms with van der Waals surface area (Å²) in [7, 11) is 0. The number of carbonyl (C=O) groups is 3. The first-order chi connectivity index (χ1) is 16.2. The molecule has 1 aliphatic heterocycles. The van der Waals surface area contributed by atoms with Crippen LogP contribution in [0.3, 0.4) is 0 Å². The Labute approximate surface area is 214 Å². The van der Waals surface area contributed by atoms with E-state index in [0.717, 1.165) is 20.5 Å². The van der Waals surface area contributed by atoms with Gasteiger partial charge in [-0.1, -0.05) is 57.3 Å². The molecule has 1 heterocycles. The Bertz CT molecular complexity index is 1340. The molecule has 0 saturated carbocycles. The number of amides is 4. The number of nitrogens with one attached hydrogen (secondary N) is 1. The first-order valence-corrected chi connectivity index (χ1v) is 11.6. The van der Waals surface area contributed by atoms with Gasteiger partial charge in [0, 0.05) is 9.50 Å². The van der Waals surface area contributed by atoms with Crippen molar-refractivity contribution >= 4 is 68.7 Å². The third-order valence-corrected chi connectivity index (χ3v) is 6.51. The summed E-state index contributed by atoms with van der Waals surface area (Å²) < 4.78 is 6.60. The van der Waals surface area contributed by atoms with Crippen LogP contribution in [0.1, 0.15) is 16.7 Å². The topological polar surface area (TPSA) is 75.7 Å². The molecule has 0 bridgehead atoms. The van der Waals surface area contributed by atoms with Crippen molar-refractivity contribution < 1.29 is 19.1 Å². The van der Waals surface area contributed by atoms with E-state index >= 15 is 0 Å². The van der Waals surface area contributed by atoms with E-state index in [9.17, 15) is 14.4 Å². The summed E-state index contributed by atoms with van der Waals surface area (Å²) in [5.74, 6) is -1.06. The van der Waals surface area contributed by atoms with Gasteiger partial charge in [0.1, 0.15) is 17.9 Å². The minimum atomic E-state index is -0.808. The predicted molar refractivity (Wildman–Crippen MR) is 135 cm³/mol. The summed E-state index contributed by atoms with van der Waals surface area (Å²) in [5, 5.41) is 3.16. The third-order valence-electron chi connectivity index (χ3n) is 5.08. The average Bonchev–Trinajstić information content (AvgIpc) is 2.79. The van der Waals surface area contributed by atoms with E-state index in [1.54, 1.807) is 48.5 Å². The summed E-state index contributed by atoms with van der Waals surface area (Å²) in [6.07, 6.45) is 1.39. The number of urea groups is 1. The van der Waals surface area contributed by atoms with E-state index in [1.807, 2.05) is 19.1 Å². The van der Waals surface area contributed by atoms with Gasteiger partial charge in [-0.05, 0) is 72.2 Å². The number of imide groups is 2. The second-order valence-corrected chi connectivity index (χ2v) is 9.19. The summed E-state index contributed by atoms with van der Waals surface area (Å²) in [6.45, 7) is 2.13. The molecule has 3 aromatic rings. The van der Waals surface area contributed by atoms with Crippen molar-refractivity contribution in [2.45, 2.75) is 13.5 Å².